The molecule has 0 aromatic carbocycles. The average molecular weight is 280 g/mol. The molecule has 1 saturated heterocycles. The fourth-order valence-corrected chi connectivity index (χ4v) is 4.04. The monoisotopic (exact) mass is 280 g/mol. The van der Waals surface area contributed by atoms with E-state index in [-0.39, 0.29) is 4.90 Å². The predicted octanol–water partition coefficient (Wildman–Crippen LogP) is 0.593. The van der Waals surface area contributed by atoms with Gasteiger partial charge in [-0.05, 0) is 32.0 Å². The van der Waals surface area contributed by atoms with Crippen molar-refractivity contribution in [2.45, 2.75) is 23.8 Å². The topological polar surface area (TPSA) is 86.9 Å². The van der Waals surface area contributed by atoms with Crippen LogP contribution in [0, 0.1) is 0 Å². The highest BCUT2D eigenvalue weighted by Gasteiger charge is 2.34. The third-order valence-corrected chi connectivity index (χ3v) is 5.13. The summed E-state index contributed by atoms with van der Waals surface area (Å²) < 4.78 is 27.8. The molecule has 1 atom stereocenters. The second kappa shape index (κ2) is 4.29. The molecule has 0 radical (unpaired) electrons. The highest BCUT2D eigenvalue weighted by atomic mass is 32.2. The van der Waals surface area contributed by atoms with Gasteiger partial charge < -0.3 is 10.3 Å². The Labute approximate surface area is 111 Å². The van der Waals surface area contributed by atoms with Gasteiger partial charge in [0, 0.05) is 29.9 Å². The molecule has 6 nitrogen and oxygen atoms in total. The van der Waals surface area contributed by atoms with Crippen LogP contribution in [-0.4, -0.2) is 37.0 Å². The number of fused-ring (bicyclic) bond motifs is 1. The molecule has 102 valence electrons. The Morgan fingerprint density at radius 2 is 2.32 bits per heavy atom. The molecule has 3 N–H and O–H groups in total. The van der Waals surface area contributed by atoms with E-state index in [2.05, 4.69) is 20.0 Å². The zero-order chi connectivity index (χ0) is 13.5. The summed E-state index contributed by atoms with van der Waals surface area (Å²) in [5.74, 6) is 0. The molecular formula is C12H16N4O2S. The molecule has 1 unspecified atom stereocenters. The van der Waals surface area contributed by atoms with Gasteiger partial charge in [-0.15, -0.1) is 0 Å². The summed E-state index contributed by atoms with van der Waals surface area (Å²) >= 11 is 0. The van der Waals surface area contributed by atoms with E-state index in [1.165, 1.54) is 6.20 Å². The molecule has 1 aliphatic rings. The maximum Gasteiger partial charge on any atom is 0.243 e. The molecule has 2 aromatic rings. The van der Waals surface area contributed by atoms with Crippen molar-refractivity contribution in [2.24, 2.45) is 0 Å². The first-order valence-corrected chi connectivity index (χ1v) is 7.65. The van der Waals surface area contributed by atoms with Gasteiger partial charge in [0.1, 0.15) is 10.5 Å². The van der Waals surface area contributed by atoms with Crippen LogP contribution in [0.5, 0.6) is 0 Å². The Balaban J connectivity index is 2.00. The SMILES string of the molecule is CC1(NS(=O)(=O)c2c[nH]c3ncccc23)CCNC1. The normalized spacial score (nSPS) is 24.1. The van der Waals surface area contributed by atoms with Crippen molar-refractivity contribution in [1.29, 1.82) is 0 Å². The summed E-state index contributed by atoms with van der Waals surface area (Å²) in [5.41, 5.74) is 0.155. The van der Waals surface area contributed by atoms with Crippen LogP contribution in [0.15, 0.2) is 29.4 Å². The second-order valence-corrected chi connectivity index (χ2v) is 6.80. The Morgan fingerprint density at radius 1 is 1.47 bits per heavy atom. The van der Waals surface area contributed by atoms with Gasteiger partial charge in [0.05, 0.1) is 0 Å². The molecule has 1 aliphatic heterocycles. The summed E-state index contributed by atoms with van der Waals surface area (Å²) in [6, 6.07) is 3.48. The standard InChI is InChI=1S/C12H16N4O2S/c1-12(4-6-13-8-12)16-19(17,18)10-7-15-11-9(10)3-2-5-14-11/h2-3,5,7,13,16H,4,6,8H2,1H3,(H,14,15). The van der Waals surface area contributed by atoms with Crippen LogP contribution in [0.3, 0.4) is 0 Å². The minimum atomic E-state index is -3.55. The van der Waals surface area contributed by atoms with E-state index in [1.807, 2.05) is 6.92 Å². The molecule has 19 heavy (non-hydrogen) atoms. The lowest BCUT2D eigenvalue weighted by molar-refractivity contribution is 0.452. The molecule has 0 amide bonds. The number of rotatable bonds is 3. The largest absolute Gasteiger partial charge is 0.345 e. The van der Waals surface area contributed by atoms with Crippen molar-refractivity contribution in [2.75, 3.05) is 13.1 Å². The first-order valence-electron chi connectivity index (χ1n) is 6.17. The number of nitrogens with one attached hydrogen (secondary N) is 3. The lowest BCUT2D eigenvalue weighted by Crippen LogP contribution is -2.47. The van der Waals surface area contributed by atoms with E-state index in [0.29, 0.717) is 17.6 Å². The van der Waals surface area contributed by atoms with Gasteiger partial charge in [0.25, 0.3) is 0 Å². The Morgan fingerprint density at radius 3 is 3.05 bits per heavy atom. The van der Waals surface area contributed by atoms with Crippen molar-refractivity contribution < 1.29 is 8.42 Å². The third-order valence-electron chi connectivity index (χ3n) is 3.45. The molecule has 7 heteroatoms. The summed E-state index contributed by atoms with van der Waals surface area (Å²) in [4.78, 5) is 7.24. The number of nitrogens with zero attached hydrogens (tertiary/aromatic N) is 1. The fraction of sp³-hybridized carbons (Fsp3) is 0.417. The molecule has 0 aliphatic carbocycles. The minimum Gasteiger partial charge on any atom is -0.345 e. The lowest BCUT2D eigenvalue weighted by atomic mass is 10.0. The first-order chi connectivity index (χ1) is 9.00. The Hall–Kier alpha value is -1.44. The van der Waals surface area contributed by atoms with Crippen molar-refractivity contribution in [3.63, 3.8) is 0 Å². The molecule has 2 aromatic heterocycles. The van der Waals surface area contributed by atoms with Crippen LogP contribution in [-0.2, 0) is 10.0 Å². The lowest BCUT2D eigenvalue weighted by Gasteiger charge is -2.23. The number of pyridine rings is 1. The summed E-state index contributed by atoms with van der Waals surface area (Å²) in [5, 5.41) is 3.79. The van der Waals surface area contributed by atoms with Crippen molar-refractivity contribution >= 4 is 21.1 Å². The number of sulfonamides is 1. The van der Waals surface area contributed by atoms with E-state index in [0.717, 1.165) is 13.0 Å². The molecule has 0 bridgehead atoms. The smallest absolute Gasteiger partial charge is 0.243 e. The molecular weight excluding hydrogens is 264 g/mol. The predicted molar refractivity (Wildman–Crippen MR) is 72.3 cm³/mol. The van der Waals surface area contributed by atoms with Crippen LogP contribution < -0.4 is 10.0 Å². The van der Waals surface area contributed by atoms with Crippen molar-refractivity contribution in [3.05, 3.63) is 24.5 Å². The van der Waals surface area contributed by atoms with Crippen molar-refractivity contribution in [1.82, 2.24) is 20.0 Å². The van der Waals surface area contributed by atoms with E-state index in [1.54, 1.807) is 18.3 Å². The van der Waals surface area contributed by atoms with Crippen LogP contribution >= 0.6 is 0 Å². The van der Waals surface area contributed by atoms with Crippen LogP contribution in [0.4, 0.5) is 0 Å². The highest BCUT2D eigenvalue weighted by molar-refractivity contribution is 7.89. The van der Waals surface area contributed by atoms with E-state index in [9.17, 15) is 8.42 Å². The maximum absolute atomic E-state index is 12.5. The van der Waals surface area contributed by atoms with Gasteiger partial charge >= 0.3 is 0 Å². The zero-order valence-corrected chi connectivity index (χ0v) is 11.4. The Bertz CT molecular complexity index is 701. The minimum absolute atomic E-state index is 0.253. The summed E-state index contributed by atoms with van der Waals surface area (Å²) in [6.45, 7) is 3.39. The van der Waals surface area contributed by atoms with E-state index >= 15 is 0 Å². The maximum atomic E-state index is 12.5. The zero-order valence-electron chi connectivity index (χ0n) is 10.6. The number of H-pyrrole nitrogens is 1. The van der Waals surface area contributed by atoms with Crippen molar-refractivity contribution in [3.8, 4) is 0 Å². The van der Waals surface area contributed by atoms with Gasteiger partial charge in [0.15, 0.2) is 0 Å². The number of hydrogen-bond acceptors (Lipinski definition) is 4. The van der Waals surface area contributed by atoms with Gasteiger partial charge in [0.2, 0.25) is 10.0 Å². The van der Waals surface area contributed by atoms with Gasteiger partial charge in [-0.1, -0.05) is 0 Å². The number of aromatic nitrogens is 2. The van der Waals surface area contributed by atoms with Gasteiger partial charge in [-0.25, -0.2) is 18.1 Å². The van der Waals surface area contributed by atoms with Crippen LogP contribution in [0.1, 0.15) is 13.3 Å². The molecule has 3 rings (SSSR count). The quantitative estimate of drug-likeness (QED) is 0.768. The first kappa shape index (κ1) is 12.6. The second-order valence-electron chi connectivity index (χ2n) is 5.15. The fourth-order valence-electron chi connectivity index (χ4n) is 2.44. The van der Waals surface area contributed by atoms with E-state index < -0.39 is 15.6 Å². The van der Waals surface area contributed by atoms with Gasteiger partial charge in [-0.2, -0.15) is 0 Å². The Kier molecular flexibility index (Phi) is 2.84. The highest BCUT2D eigenvalue weighted by Crippen LogP contribution is 2.23. The summed E-state index contributed by atoms with van der Waals surface area (Å²) in [6.07, 6.45) is 3.91. The number of hydrogen-bond donors (Lipinski definition) is 3. The molecule has 1 fully saturated rings. The number of aromatic amines is 1. The summed E-state index contributed by atoms with van der Waals surface area (Å²) in [7, 11) is -3.55. The molecule has 3 heterocycles. The van der Waals surface area contributed by atoms with E-state index in [4.69, 9.17) is 0 Å². The molecule has 0 saturated carbocycles. The third kappa shape index (κ3) is 2.24. The molecule has 0 spiro atoms. The van der Waals surface area contributed by atoms with Crippen LogP contribution in [0.2, 0.25) is 0 Å². The average Bonchev–Trinajstić information content (AvgIpc) is 2.94. The van der Waals surface area contributed by atoms with Crippen LogP contribution in [0.25, 0.3) is 11.0 Å². The van der Waals surface area contributed by atoms with Gasteiger partial charge in [-0.3, -0.25) is 0 Å².